The first-order valence-electron chi connectivity index (χ1n) is 6.14. The van der Waals surface area contributed by atoms with E-state index in [1.807, 2.05) is 12.1 Å². The maximum Gasteiger partial charge on any atom is 0.371 e. The van der Waals surface area contributed by atoms with E-state index >= 15 is 0 Å². The molecule has 2 aromatic rings. The quantitative estimate of drug-likeness (QED) is 0.336. The third kappa shape index (κ3) is 3.73. The van der Waals surface area contributed by atoms with Gasteiger partial charge in [0, 0.05) is 36.3 Å². The maximum atomic E-state index is 11.7. The lowest BCUT2D eigenvalue weighted by molar-refractivity contribution is -0.135. The highest BCUT2D eigenvalue weighted by Gasteiger charge is 2.10. The van der Waals surface area contributed by atoms with Gasteiger partial charge in [-0.3, -0.25) is 4.79 Å². The number of carbonyl (C=O) groups excluding carboxylic acids is 1. The molecule has 0 fully saturated rings. The van der Waals surface area contributed by atoms with Crippen molar-refractivity contribution in [2.45, 2.75) is 6.54 Å². The van der Waals surface area contributed by atoms with Gasteiger partial charge in [0.2, 0.25) is 5.76 Å². The van der Waals surface area contributed by atoms with Crippen molar-refractivity contribution in [3.8, 4) is 0 Å². The van der Waals surface area contributed by atoms with Crippen molar-refractivity contribution in [3.05, 3.63) is 65.7 Å². The van der Waals surface area contributed by atoms with Gasteiger partial charge in [0.1, 0.15) is 0 Å². The Hall–Kier alpha value is -3.02. The first-order chi connectivity index (χ1) is 9.95. The molecule has 21 heavy (non-hydrogen) atoms. The molecule has 0 unspecified atom stereocenters. The number of aromatic nitrogens is 1. The van der Waals surface area contributed by atoms with Crippen LogP contribution in [-0.2, 0) is 11.3 Å². The van der Waals surface area contributed by atoms with Crippen LogP contribution in [-0.4, -0.2) is 26.5 Å². The van der Waals surface area contributed by atoms with E-state index in [1.165, 1.54) is 0 Å². The molecular weight excluding hydrogens is 272 g/mol. The van der Waals surface area contributed by atoms with Gasteiger partial charge in [-0.2, -0.15) is 0 Å². The maximum absolute atomic E-state index is 11.7. The third-order valence-electron chi connectivity index (χ3n) is 2.87. The van der Waals surface area contributed by atoms with E-state index in [0.717, 1.165) is 5.56 Å². The van der Waals surface area contributed by atoms with Gasteiger partial charge in [0.05, 0.1) is 0 Å². The highest BCUT2D eigenvalue weighted by molar-refractivity contribution is 6.07. The van der Waals surface area contributed by atoms with E-state index in [-0.39, 0.29) is 0 Å². The highest BCUT2D eigenvalue weighted by Crippen LogP contribution is 2.10. The van der Waals surface area contributed by atoms with E-state index in [2.05, 4.69) is 0 Å². The molecule has 0 aliphatic rings. The van der Waals surface area contributed by atoms with Crippen LogP contribution in [0.4, 0.5) is 5.69 Å². The van der Waals surface area contributed by atoms with Gasteiger partial charge in [0.25, 0.3) is 0 Å². The van der Waals surface area contributed by atoms with Gasteiger partial charge >= 0.3 is 5.97 Å². The van der Waals surface area contributed by atoms with Crippen LogP contribution in [0.2, 0.25) is 0 Å². The number of nitrogens with zero attached hydrogens (tertiary/aromatic N) is 1. The number of aliphatic hydroxyl groups is 1. The average Bonchev–Trinajstić information content (AvgIpc) is 2.90. The van der Waals surface area contributed by atoms with E-state index in [1.54, 1.807) is 35.2 Å². The zero-order valence-electron chi connectivity index (χ0n) is 11.1. The molecule has 108 valence electrons. The van der Waals surface area contributed by atoms with Crippen molar-refractivity contribution < 1.29 is 19.8 Å². The number of allylic oxidation sites excluding steroid dienone is 1. The molecule has 6 nitrogen and oxygen atoms in total. The number of aliphatic hydroxyl groups excluding tert-OH is 1. The Kier molecular flexibility index (Phi) is 4.08. The molecule has 2 rings (SSSR count). The molecular formula is C15H14N2O4. The minimum atomic E-state index is -1.54. The normalized spacial score (nSPS) is 11.3. The molecule has 0 radical (unpaired) electrons. The second-order valence-electron chi connectivity index (χ2n) is 4.51. The number of nitrogen functional groups attached to an aromatic ring is 1. The van der Waals surface area contributed by atoms with Gasteiger partial charge in [-0.25, -0.2) is 4.79 Å². The van der Waals surface area contributed by atoms with Crippen LogP contribution in [0.1, 0.15) is 15.9 Å². The molecule has 1 heterocycles. The van der Waals surface area contributed by atoms with Crippen LogP contribution in [0, 0.1) is 0 Å². The summed E-state index contributed by atoms with van der Waals surface area (Å²) in [4.78, 5) is 22.2. The third-order valence-corrected chi connectivity index (χ3v) is 2.87. The molecule has 0 bridgehead atoms. The van der Waals surface area contributed by atoms with E-state index in [0.29, 0.717) is 23.9 Å². The summed E-state index contributed by atoms with van der Waals surface area (Å²) in [6, 6.07) is 8.91. The predicted molar refractivity (Wildman–Crippen MR) is 77.1 cm³/mol. The summed E-state index contributed by atoms with van der Waals surface area (Å²) in [5, 5.41) is 17.6. The summed E-state index contributed by atoms with van der Waals surface area (Å²) in [6.45, 7) is 0.558. The Labute approximate surface area is 120 Å². The molecule has 0 aliphatic heterocycles. The minimum absolute atomic E-state index is 0.304. The number of rotatable bonds is 5. The van der Waals surface area contributed by atoms with Gasteiger partial charge in [-0.05, 0) is 23.8 Å². The predicted octanol–water partition coefficient (Wildman–Crippen LogP) is 1.83. The topological polar surface area (TPSA) is 106 Å². The van der Waals surface area contributed by atoms with Crippen molar-refractivity contribution in [3.63, 3.8) is 0 Å². The number of carboxylic acids is 1. The molecule has 0 spiro atoms. The van der Waals surface area contributed by atoms with Crippen LogP contribution in [0.3, 0.4) is 0 Å². The van der Waals surface area contributed by atoms with Crippen LogP contribution < -0.4 is 5.73 Å². The molecule has 0 saturated heterocycles. The van der Waals surface area contributed by atoms with E-state index < -0.39 is 17.5 Å². The van der Waals surface area contributed by atoms with Crippen molar-refractivity contribution in [1.29, 1.82) is 0 Å². The second-order valence-corrected chi connectivity index (χ2v) is 4.51. The van der Waals surface area contributed by atoms with Gasteiger partial charge in [0.15, 0.2) is 5.78 Å². The fourth-order valence-electron chi connectivity index (χ4n) is 1.79. The number of ketones is 1. The summed E-state index contributed by atoms with van der Waals surface area (Å²) >= 11 is 0. The number of hydrogen-bond acceptors (Lipinski definition) is 4. The number of carbonyl (C=O) groups is 2. The first kappa shape index (κ1) is 14.4. The first-order valence-corrected chi connectivity index (χ1v) is 6.14. The van der Waals surface area contributed by atoms with Gasteiger partial charge < -0.3 is 20.5 Å². The minimum Gasteiger partial charge on any atom is -0.502 e. The Morgan fingerprint density at radius 1 is 1.14 bits per heavy atom. The Morgan fingerprint density at radius 3 is 2.43 bits per heavy atom. The van der Waals surface area contributed by atoms with Crippen molar-refractivity contribution >= 4 is 17.4 Å². The Bertz CT molecular complexity index is 699. The molecule has 1 aromatic carbocycles. The summed E-state index contributed by atoms with van der Waals surface area (Å²) in [5.41, 5.74) is 7.60. The average molecular weight is 286 g/mol. The van der Waals surface area contributed by atoms with Crippen molar-refractivity contribution in [2.75, 3.05) is 5.73 Å². The smallest absolute Gasteiger partial charge is 0.371 e. The Balaban J connectivity index is 2.11. The standard InChI is InChI=1S/C15H14N2O4/c16-12-3-1-10(2-4-12)8-17-6-5-11(9-17)13(18)7-14(19)15(20)21/h1-7,9,19H,8,16H2,(H,20,21). The van der Waals surface area contributed by atoms with Crippen LogP contribution in [0.15, 0.2) is 54.6 Å². The fraction of sp³-hybridized carbons (Fsp3) is 0.0667. The molecule has 4 N–H and O–H groups in total. The molecule has 0 amide bonds. The summed E-state index contributed by atoms with van der Waals surface area (Å²) < 4.78 is 1.78. The number of carboxylic acid groups (broad SMARTS) is 1. The number of benzene rings is 1. The van der Waals surface area contributed by atoms with Gasteiger partial charge in [-0.15, -0.1) is 0 Å². The van der Waals surface area contributed by atoms with E-state index in [4.69, 9.17) is 15.9 Å². The van der Waals surface area contributed by atoms with Crippen LogP contribution >= 0.6 is 0 Å². The lowest BCUT2D eigenvalue weighted by atomic mass is 10.2. The van der Waals surface area contributed by atoms with Crippen LogP contribution in [0.25, 0.3) is 0 Å². The number of aliphatic carboxylic acids is 1. The summed E-state index contributed by atoms with van der Waals surface area (Å²) in [5.74, 6) is -3.08. The molecule has 6 heteroatoms. The van der Waals surface area contributed by atoms with Gasteiger partial charge in [-0.1, -0.05) is 12.1 Å². The number of hydrogen-bond donors (Lipinski definition) is 3. The fourth-order valence-corrected chi connectivity index (χ4v) is 1.79. The molecule has 0 atom stereocenters. The number of nitrogens with two attached hydrogens (primary N) is 1. The monoisotopic (exact) mass is 286 g/mol. The van der Waals surface area contributed by atoms with Crippen molar-refractivity contribution in [1.82, 2.24) is 4.57 Å². The lowest BCUT2D eigenvalue weighted by Crippen LogP contribution is -2.03. The highest BCUT2D eigenvalue weighted by atomic mass is 16.4. The SMILES string of the molecule is Nc1ccc(Cn2ccc(C(=O)C=C(O)C(=O)O)c2)cc1. The zero-order valence-corrected chi connectivity index (χ0v) is 11.1. The summed E-state index contributed by atoms with van der Waals surface area (Å²) in [6.07, 6.45) is 3.98. The Morgan fingerprint density at radius 2 is 1.81 bits per heavy atom. The zero-order chi connectivity index (χ0) is 15.4. The number of anilines is 1. The largest absolute Gasteiger partial charge is 0.502 e. The molecule has 0 aliphatic carbocycles. The van der Waals surface area contributed by atoms with E-state index in [9.17, 15) is 9.59 Å². The second kappa shape index (κ2) is 5.96. The lowest BCUT2D eigenvalue weighted by Gasteiger charge is -2.03. The summed E-state index contributed by atoms with van der Waals surface area (Å²) in [7, 11) is 0. The van der Waals surface area contributed by atoms with Crippen LogP contribution in [0.5, 0.6) is 0 Å². The van der Waals surface area contributed by atoms with Crippen molar-refractivity contribution in [2.24, 2.45) is 0 Å². The molecule has 1 aromatic heterocycles. The molecule has 0 saturated carbocycles.